The molecule has 162 valence electrons. The molecule has 0 radical (unpaired) electrons. The van der Waals surface area contributed by atoms with Crippen molar-refractivity contribution in [2.24, 2.45) is 0 Å². The molecule has 2 aromatic carbocycles. The maximum Gasteiger partial charge on any atom is 0.375 e. The number of rotatable bonds is 8. The Morgan fingerprint density at radius 3 is 2.45 bits per heavy atom. The van der Waals surface area contributed by atoms with Crippen LogP contribution in [0.3, 0.4) is 0 Å². The Hall–Kier alpha value is -3.74. The summed E-state index contributed by atoms with van der Waals surface area (Å²) in [5.41, 5.74) is 1.22. The molecular weight excluding hydrogens is 400 g/mol. The average Bonchev–Trinajstić information content (AvgIpc) is 2.77. The second-order valence-corrected chi connectivity index (χ2v) is 6.83. The number of carbonyl (C=O) groups excluding carboxylic acids is 1. The standard InChI is InChI=1S/C24H24O7/c1-6-29-24(26)23-21(15-7-10-18(27-4)20(11-15)28-5)22(25)17-9-8-16(12-19(17)31-23)30-13-14(2)3/h7-12H,2,6,13H2,1,3-5H3. The van der Waals surface area contributed by atoms with Gasteiger partial charge in [0.1, 0.15) is 17.9 Å². The molecule has 0 saturated heterocycles. The third-order valence-electron chi connectivity index (χ3n) is 4.48. The molecule has 0 aliphatic carbocycles. The minimum Gasteiger partial charge on any atom is -0.493 e. The van der Waals surface area contributed by atoms with Crippen LogP contribution in [0.25, 0.3) is 22.1 Å². The van der Waals surface area contributed by atoms with Crippen molar-refractivity contribution in [1.82, 2.24) is 0 Å². The number of methoxy groups -OCH3 is 2. The summed E-state index contributed by atoms with van der Waals surface area (Å²) < 4.78 is 27.2. The minimum absolute atomic E-state index is 0.0857. The van der Waals surface area contributed by atoms with E-state index in [0.717, 1.165) is 5.57 Å². The second-order valence-electron chi connectivity index (χ2n) is 6.83. The molecule has 0 aliphatic heterocycles. The third kappa shape index (κ3) is 4.55. The van der Waals surface area contributed by atoms with Crippen molar-refractivity contribution in [2.45, 2.75) is 13.8 Å². The van der Waals surface area contributed by atoms with Crippen LogP contribution in [0.5, 0.6) is 17.2 Å². The normalized spacial score (nSPS) is 10.6. The van der Waals surface area contributed by atoms with E-state index in [0.29, 0.717) is 34.8 Å². The Morgan fingerprint density at radius 2 is 1.81 bits per heavy atom. The van der Waals surface area contributed by atoms with Crippen molar-refractivity contribution in [2.75, 3.05) is 27.4 Å². The molecule has 3 aromatic rings. The average molecular weight is 424 g/mol. The topological polar surface area (TPSA) is 84.2 Å². The molecule has 0 fully saturated rings. The van der Waals surface area contributed by atoms with Crippen molar-refractivity contribution in [3.63, 3.8) is 0 Å². The van der Waals surface area contributed by atoms with Crippen molar-refractivity contribution in [3.05, 3.63) is 64.5 Å². The van der Waals surface area contributed by atoms with E-state index in [1.165, 1.54) is 14.2 Å². The Morgan fingerprint density at radius 1 is 1.06 bits per heavy atom. The fourth-order valence-electron chi connectivity index (χ4n) is 3.06. The summed E-state index contributed by atoms with van der Waals surface area (Å²) in [6, 6.07) is 9.78. The highest BCUT2D eigenvalue weighted by atomic mass is 16.5. The van der Waals surface area contributed by atoms with E-state index in [1.807, 2.05) is 6.92 Å². The van der Waals surface area contributed by atoms with Crippen LogP contribution >= 0.6 is 0 Å². The predicted octanol–water partition coefficient (Wildman–Crippen LogP) is 4.61. The number of fused-ring (bicyclic) bond motifs is 1. The van der Waals surface area contributed by atoms with E-state index in [4.69, 9.17) is 23.4 Å². The van der Waals surface area contributed by atoms with Gasteiger partial charge < -0.3 is 23.4 Å². The van der Waals surface area contributed by atoms with Crippen LogP contribution in [-0.2, 0) is 4.74 Å². The van der Waals surface area contributed by atoms with Gasteiger partial charge in [0, 0.05) is 6.07 Å². The Bertz CT molecular complexity index is 1190. The van der Waals surface area contributed by atoms with Crippen LogP contribution in [0.4, 0.5) is 0 Å². The van der Waals surface area contributed by atoms with Gasteiger partial charge >= 0.3 is 5.97 Å². The molecule has 0 saturated carbocycles. The van der Waals surface area contributed by atoms with E-state index in [-0.39, 0.29) is 28.9 Å². The van der Waals surface area contributed by atoms with Crippen LogP contribution in [0.1, 0.15) is 24.4 Å². The largest absolute Gasteiger partial charge is 0.493 e. The summed E-state index contributed by atoms with van der Waals surface area (Å²) in [5, 5.41) is 0.306. The van der Waals surface area contributed by atoms with Gasteiger partial charge in [-0.2, -0.15) is 0 Å². The van der Waals surface area contributed by atoms with Gasteiger partial charge in [0.15, 0.2) is 11.5 Å². The molecular formula is C24H24O7. The van der Waals surface area contributed by atoms with Crippen molar-refractivity contribution in [1.29, 1.82) is 0 Å². The summed E-state index contributed by atoms with van der Waals surface area (Å²) in [4.78, 5) is 26.1. The first-order valence-corrected chi connectivity index (χ1v) is 9.67. The lowest BCUT2D eigenvalue weighted by atomic mass is 10.0. The quantitative estimate of drug-likeness (QED) is 0.386. The Labute approximate surface area is 179 Å². The lowest BCUT2D eigenvalue weighted by Crippen LogP contribution is -2.15. The van der Waals surface area contributed by atoms with E-state index >= 15 is 0 Å². The number of benzene rings is 2. The highest BCUT2D eigenvalue weighted by Crippen LogP contribution is 2.34. The molecule has 3 rings (SSSR count). The Kier molecular flexibility index (Phi) is 6.65. The lowest BCUT2D eigenvalue weighted by Gasteiger charge is -2.13. The number of hydrogen-bond donors (Lipinski definition) is 0. The zero-order valence-electron chi connectivity index (χ0n) is 17.9. The first-order chi connectivity index (χ1) is 14.9. The number of hydrogen-bond acceptors (Lipinski definition) is 7. The minimum atomic E-state index is -0.737. The molecule has 7 nitrogen and oxygen atoms in total. The van der Waals surface area contributed by atoms with Crippen LogP contribution in [0.2, 0.25) is 0 Å². The molecule has 7 heteroatoms. The van der Waals surface area contributed by atoms with Gasteiger partial charge in [-0.15, -0.1) is 0 Å². The number of carbonyl (C=O) groups is 1. The van der Waals surface area contributed by atoms with Gasteiger partial charge in [-0.05, 0) is 49.2 Å². The van der Waals surface area contributed by atoms with Crippen molar-refractivity contribution in [3.8, 4) is 28.4 Å². The van der Waals surface area contributed by atoms with E-state index in [2.05, 4.69) is 6.58 Å². The molecule has 0 atom stereocenters. The first kappa shape index (κ1) is 22.0. The highest BCUT2D eigenvalue weighted by molar-refractivity contribution is 5.98. The van der Waals surface area contributed by atoms with Crippen molar-refractivity contribution >= 4 is 16.9 Å². The zero-order valence-corrected chi connectivity index (χ0v) is 17.9. The summed E-state index contributed by atoms with van der Waals surface area (Å²) in [6.45, 7) is 7.77. The van der Waals surface area contributed by atoms with E-state index < -0.39 is 5.97 Å². The van der Waals surface area contributed by atoms with E-state index in [9.17, 15) is 9.59 Å². The smallest absolute Gasteiger partial charge is 0.375 e. The highest BCUT2D eigenvalue weighted by Gasteiger charge is 2.24. The molecule has 31 heavy (non-hydrogen) atoms. The molecule has 1 heterocycles. The molecule has 1 aromatic heterocycles. The van der Waals surface area contributed by atoms with E-state index in [1.54, 1.807) is 43.3 Å². The summed E-state index contributed by atoms with van der Waals surface area (Å²) in [7, 11) is 3.00. The van der Waals surface area contributed by atoms with Gasteiger partial charge in [-0.1, -0.05) is 12.6 Å². The van der Waals surface area contributed by atoms with Crippen LogP contribution in [0, 0.1) is 0 Å². The lowest BCUT2D eigenvalue weighted by molar-refractivity contribution is 0.0492. The maximum atomic E-state index is 13.4. The van der Waals surface area contributed by atoms with Gasteiger partial charge in [0.05, 0.1) is 31.8 Å². The molecule has 0 unspecified atom stereocenters. The number of ether oxygens (including phenoxy) is 4. The molecule has 0 N–H and O–H groups in total. The number of esters is 1. The Balaban J connectivity index is 2.24. The monoisotopic (exact) mass is 424 g/mol. The first-order valence-electron chi connectivity index (χ1n) is 9.67. The zero-order chi connectivity index (χ0) is 22.5. The summed E-state index contributed by atoms with van der Waals surface area (Å²) in [6.07, 6.45) is 0. The molecule has 0 aliphatic rings. The molecule has 0 spiro atoms. The van der Waals surface area contributed by atoms with Gasteiger partial charge in [0.2, 0.25) is 11.2 Å². The van der Waals surface area contributed by atoms with Gasteiger partial charge in [-0.3, -0.25) is 4.79 Å². The van der Waals surface area contributed by atoms with Crippen molar-refractivity contribution < 1.29 is 28.2 Å². The van der Waals surface area contributed by atoms with Crippen LogP contribution in [0.15, 0.2) is 57.8 Å². The summed E-state index contributed by atoms with van der Waals surface area (Å²) >= 11 is 0. The fraction of sp³-hybridized carbons (Fsp3) is 0.250. The van der Waals surface area contributed by atoms with Crippen LogP contribution in [-0.4, -0.2) is 33.4 Å². The molecule has 0 bridgehead atoms. The van der Waals surface area contributed by atoms with Gasteiger partial charge in [-0.25, -0.2) is 4.79 Å². The van der Waals surface area contributed by atoms with Gasteiger partial charge in [0.25, 0.3) is 0 Å². The second kappa shape index (κ2) is 9.38. The maximum absolute atomic E-state index is 13.4. The third-order valence-corrected chi connectivity index (χ3v) is 4.48. The van der Waals surface area contributed by atoms with Crippen LogP contribution < -0.4 is 19.6 Å². The SMILES string of the molecule is C=C(C)COc1ccc2c(=O)c(-c3ccc(OC)c(OC)c3)c(C(=O)OCC)oc2c1. The molecule has 0 amide bonds. The predicted molar refractivity (Wildman–Crippen MR) is 117 cm³/mol. The summed E-state index contributed by atoms with van der Waals surface area (Å²) in [5.74, 6) is 0.474. The fourth-order valence-corrected chi connectivity index (χ4v) is 3.06.